The molecule has 0 unspecified atom stereocenters. The summed E-state index contributed by atoms with van der Waals surface area (Å²) in [4.78, 5) is 0. The van der Waals surface area contributed by atoms with Crippen molar-refractivity contribution in [3.05, 3.63) is 17.5 Å². The normalized spacial score (nSPS) is 12.1. The third kappa shape index (κ3) is 2.35. The van der Waals surface area contributed by atoms with E-state index in [2.05, 4.69) is 25.0 Å². The molecule has 0 aromatic carbocycles. The number of rotatable bonds is 4. The van der Waals surface area contributed by atoms with Crippen molar-refractivity contribution in [2.75, 3.05) is 0 Å². The number of hydrogen-bond donors (Lipinski definition) is 1. The fourth-order valence-electron chi connectivity index (χ4n) is 1.69. The Morgan fingerprint density at radius 1 is 1.43 bits per heavy atom. The topological polar surface area (TPSA) is 43.8 Å². The Hall–Kier alpha value is -0.830. The van der Waals surface area contributed by atoms with Crippen LogP contribution in [0, 0.1) is 6.92 Å². The van der Waals surface area contributed by atoms with Crippen molar-refractivity contribution in [3.63, 3.8) is 0 Å². The van der Waals surface area contributed by atoms with Gasteiger partial charge in [0.05, 0.1) is 5.69 Å². The van der Waals surface area contributed by atoms with Gasteiger partial charge in [0, 0.05) is 24.7 Å². The highest BCUT2D eigenvalue weighted by atomic mass is 15.3. The SMILES string of the molecule is CCC(N)(CC)Cc1cc(C)nn1C. The Morgan fingerprint density at radius 2 is 2.00 bits per heavy atom. The van der Waals surface area contributed by atoms with Crippen LogP contribution in [0.3, 0.4) is 0 Å². The molecule has 0 aliphatic heterocycles. The van der Waals surface area contributed by atoms with E-state index < -0.39 is 0 Å². The number of hydrogen-bond acceptors (Lipinski definition) is 2. The second-order valence-corrected chi connectivity index (χ2v) is 4.15. The summed E-state index contributed by atoms with van der Waals surface area (Å²) in [6.45, 7) is 6.30. The van der Waals surface area contributed by atoms with E-state index in [0.717, 1.165) is 25.0 Å². The van der Waals surface area contributed by atoms with Gasteiger partial charge < -0.3 is 5.73 Å². The Morgan fingerprint density at radius 3 is 2.36 bits per heavy atom. The molecule has 0 amide bonds. The third-order valence-electron chi connectivity index (χ3n) is 3.04. The fourth-order valence-corrected chi connectivity index (χ4v) is 1.69. The van der Waals surface area contributed by atoms with Crippen molar-refractivity contribution in [2.24, 2.45) is 12.8 Å². The van der Waals surface area contributed by atoms with Crippen LogP contribution in [-0.4, -0.2) is 15.3 Å². The molecular formula is C11H21N3. The summed E-state index contributed by atoms with van der Waals surface area (Å²) in [5.41, 5.74) is 8.49. The van der Waals surface area contributed by atoms with Crippen LogP contribution in [0.1, 0.15) is 38.1 Å². The minimum absolute atomic E-state index is 0.0692. The van der Waals surface area contributed by atoms with Crippen LogP contribution in [0.2, 0.25) is 0 Å². The average molecular weight is 195 g/mol. The lowest BCUT2D eigenvalue weighted by molar-refractivity contribution is 0.383. The lowest BCUT2D eigenvalue weighted by Gasteiger charge is -2.26. The van der Waals surface area contributed by atoms with Crippen LogP contribution in [0.15, 0.2) is 6.07 Å². The number of aromatic nitrogens is 2. The van der Waals surface area contributed by atoms with Crippen molar-refractivity contribution in [1.82, 2.24) is 9.78 Å². The first kappa shape index (κ1) is 11.2. The van der Waals surface area contributed by atoms with Crippen molar-refractivity contribution >= 4 is 0 Å². The number of nitrogens with zero attached hydrogens (tertiary/aromatic N) is 2. The van der Waals surface area contributed by atoms with E-state index in [9.17, 15) is 0 Å². The molecule has 3 heteroatoms. The monoisotopic (exact) mass is 195 g/mol. The standard InChI is InChI=1S/C11H21N3/c1-5-11(12,6-2)8-10-7-9(3)13-14(10)4/h7H,5-6,8,12H2,1-4H3. The van der Waals surface area contributed by atoms with E-state index in [4.69, 9.17) is 5.73 Å². The van der Waals surface area contributed by atoms with Crippen molar-refractivity contribution in [1.29, 1.82) is 0 Å². The smallest absolute Gasteiger partial charge is 0.0596 e. The van der Waals surface area contributed by atoms with E-state index in [1.165, 1.54) is 5.69 Å². The summed E-state index contributed by atoms with van der Waals surface area (Å²) in [5, 5.41) is 4.32. The summed E-state index contributed by atoms with van der Waals surface area (Å²) in [6.07, 6.45) is 2.93. The molecule has 0 saturated heterocycles. The van der Waals surface area contributed by atoms with E-state index in [-0.39, 0.29) is 5.54 Å². The minimum atomic E-state index is -0.0692. The molecule has 1 rings (SSSR count). The summed E-state index contributed by atoms with van der Waals surface area (Å²) in [5.74, 6) is 0. The van der Waals surface area contributed by atoms with Gasteiger partial charge in [-0.05, 0) is 25.8 Å². The molecule has 1 aromatic rings. The molecule has 14 heavy (non-hydrogen) atoms. The third-order valence-corrected chi connectivity index (χ3v) is 3.04. The van der Waals surface area contributed by atoms with Gasteiger partial charge in [0.2, 0.25) is 0 Å². The summed E-state index contributed by atoms with van der Waals surface area (Å²) in [7, 11) is 1.98. The van der Waals surface area contributed by atoms with Gasteiger partial charge in [-0.1, -0.05) is 13.8 Å². The highest BCUT2D eigenvalue weighted by Gasteiger charge is 2.22. The Bertz CT molecular complexity index is 297. The van der Waals surface area contributed by atoms with Crippen LogP contribution in [0.25, 0.3) is 0 Å². The van der Waals surface area contributed by atoms with Gasteiger partial charge in [-0.3, -0.25) is 4.68 Å². The van der Waals surface area contributed by atoms with E-state index in [1.54, 1.807) is 0 Å². The second-order valence-electron chi connectivity index (χ2n) is 4.15. The zero-order valence-corrected chi connectivity index (χ0v) is 9.67. The van der Waals surface area contributed by atoms with Gasteiger partial charge in [0.15, 0.2) is 0 Å². The minimum Gasteiger partial charge on any atom is -0.325 e. The Balaban J connectivity index is 2.81. The van der Waals surface area contributed by atoms with Gasteiger partial charge in [0.25, 0.3) is 0 Å². The van der Waals surface area contributed by atoms with Crippen LogP contribution in [-0.2, 0) is 13.5 Å². The second kappa shape index (κ2) is 4.13. The largest absolute Gasteiger partial charge is 0.325 e. The molecule has 0 aliphatic rings. The molecule has 3 nitrogen and oxygen atoms in total. The van der Waals surface area contributed by atoms with Crippen LogP contribution >= 0.6 is 0 Å². The molecule has 0 saturated carbocycles. The Labute approximate surface area is 86.3 Å². The van der Waals surface area contributed by atoms with Crippen LogP contribution < -0.4 is 5.73 Å². The lowest BCUT2D eigenvalue weighted by atomic mass is 9.89. The van der Waals surface area contributed by atoms with Gasteiger partial charge in [-0.2, -0.15) is 5.10 Å². The molecule has 1 heterocycles. The molecule has 0 radical (unpaired) electrons. The molecule has 2 N–H and O–H groups in total. The summed E-state index contributed by atoms with van der Waals surface area (Å²) < 4.78 is 1.93. The predicted octanol–water partition coefficient (Wildman–Crippen LogP) is 1.79. The first-order valence-electron chi connectivity index (χ1n) is 5.29. The van der Waals surface area contributed by atoms with E-state index in [0.29, 0.717) is 0 Å². The van der Waals surface area contributed by atoms with Crippen molar-refractivity contribution in [2.45, 2.75) is 45.6 Å². The fraction of sp³-hybridized carbons (Fsp3) is 0.727. The predicted molar refractivity (Wildman–Crippen MR) is 59.1 cm³/mol. The number of aryl methyl sites for hydroxylation is 2. The zero-order valence-electron chi connectivity index (χ0n) is 9.67. The summed E-state index contributed by atoms with van der Waals surface area (Å²) in [6, 6.07) is 2.12. The molecule has 0 fully saturated rings. The first-order chi connectivity index (χ1) is 6.50. The highest BCUT2D eigenvalue weighted by molar-refractivity contribution is 5.12. The average Bonchev–Trinajstić information content (AvgIpc) is 2.45. The van der Waals surface area contributed by atoms with Gasteiger partial charge >= 0.3 is 0 Å². The van der Waals surface area contributed by atoms with Gasteiger partial charge in [0.1, 0.15) is 0 Å². The molecule has 0 aliphatic carbocycles. The molecule has 80 valence electrons. The van der Waals surface area contributed by atoms with Crippen molar-refractivity contribution in [3.8, 4) is 0 Å². The lowest BCUT2D eigenvalue weighted by Crippen LogP contribution is -2.41. The first-order valence-corrected chi connectivity index (χ1v) is 5.29. The maximum Gasteiger partial charge on any atom is 0.0596 e. The van der Waals surface area contributed by atoms with E-state index >= 15 is 0 Å². The quantitative estimate of drug-likeness (QED) is 0.796. The van der Waals surface area contributed by atoms with Crippen LogP contribution in [0.5, 0.6) is 0 Å². The molecular weight excluding hydrogens is 174 g/mol. The van der Waals surface area contributed by atoms with E-state index in [1.807, 2.05) is 18.7 Å². The van der Waals surface area contributed by atoms with Crippen molar-refractivity contribution < 1.29 is 0 Å². The van der Waals surface area contributed by atoms with Gasteiger partial charge in [-0.15, -0.1) is 0 Å². The van der Waals surface area contributed by atoms with Crippen LogP contribution in [0.4, 0.5) is 0 Å². The summed E-state index contributed by atoms with van der Waals surface area (Å²) >= 11 is 0. The highest BCUT2D eigenvalue weighted by Crippen LogP contribution is 2.18. The maximum absolute atomic E-state index is 6.27. The van der Waals surface area contributed by atoms with Gasteiger partial charge in [-0.25, -0.2) is 0 Å². The molecule has 0 bridgehead atoms. The maximum atomic E-state index is 6.27. The zero-order chi connectivity index (χ0) is 10.8. The number of nitrogens with two attached hydrogens (primary N) is 1. The molecule has 1 aromatic heterocycles. The molecule has 0 spiro atoms. The molecule has 0 atom stereocenters. The Kier molecular flexibility index (Phi) is 3.32.